The van der Waals surface area contributed by atoms with Crippen LogP contribution in [0, 0.1) is 0 Å². The lowest BCUT2D eigenvalue weighted by atomic mass is 10.00. The Hall–Kier alpha value is -4.91. The molecular weight excluding hydrogens is 634 g/mol. The Balaban J connectivity index is 1.59. The lowest BCUT2D eigenvalue weighted by Crippen LogP contribution is -2.54. The van der Waals surface area contributed by atoms with Gasteiger partial charge < -0.3 is 31.9 Å². The summed E-state index contributed by atoms with van der Waals surface area (Å²) in [7, 11) is 3.76. The Labute approximate surface area is 295 Å². The first-order valence-electron chi connectivity index (χ1n) is 16.9. The average Bonchev–Trinajstić information content (AvgIpc) is 3.10. The third-order valence-electron chi connectivity index (χ3n) is 7.99. The van der Waals surface area contributed by atoms with E-state index in [9.17, 15) is 24.0 Å². The predicted molar refractivity (Wildman–Crippen MR) is 195 cm³/mol. The van der Waals surface area contributed by atoms with Crippen molar-refractivity contribution in [3.63, 3.8) is 0 Å². The van der Waals surface area contributed by atoms with Gasteiger partial charge in [0, 0.05) is 59.0 Å². The van der Waals surface area contributed by atoms with Gasteiger partial charge in [0.2, 0.25) is 23.6 Å². The minimum atomic E-state index is -1.13. The summed E-state index contributed by atoms with van der Waals surface area (Å²) in [5, 5.41) is 17.4. The fraction of sp³-hybridized carbons (Fsp3) is 0.395. The monoisotopic (exact) mass is 685 g/mol. The van der Waals surface area contributed by atoms with Crippen LogP contribution in [0.15, 0.2) is 78.9 Å². The number of nitrogens with one attached hydrogen (secondary N) is 6. The summed E-state index contributed by atoms with van der Waals surface area (Å²) in [6.45, 7) is 6.50. The summed E-state index contributed by atoms with van der Waals surface area (Å²) in [6.07, 6.45) is -0.00991. The number of Topliss-reactive ketones (excluding diaryl/α,β-unsaturated/α-hetero) is 1. The van der Waals surface area contributed by atoms with Crippen molar-refractivity contribution in [2.24, 2.45) is 0 Å². The summed E-state index contributed by atoms with van der Waals surface area (Å²) in [5.41, 5.74) is 4.56. The van der Waals surface area contributed by atoms with Gasteiger partial charge in [-0.05, 0) is 48.8 Å². The second-order valence-corrected chi connectivity index (χ2v) is 12.3. The van der Waals surface area contributed by atoms with E-state index in [1.165, 1.54) is 13.8 Å². The maximum Gasteiger partial charge on any atom is 0.243 e. The summed E-state index contributed by atoms with van der Waals surface area (Å²) in [5.74, 6) is -1.84. The maximum absolute atomic E-state index is 13.4. The molecule has 0 spiro atoms. The third-order valence-corrected chi connectivity index (χ3v) is 7.99. The number of carbonyl (C=O) groups excluding carboxylic acids is 5. The van der Waals surface area contributed by atoms with Crippen molar-refractivity contribution < 1.29 is 24.0 Å². The first kappa shape index (κ1) is 39.5. The molecule has 3 aromatic rings. The number of amides is 4. The second-order valence-electron chi connectivity index (χ2n) is 12.3. The fourth-order valence-electron chi connectivity index (χ4n) is 5.35. The van der Waals surface area contributed by atoms with Crippen molar-refractivity contribution in [2.75, 3.05) is 46.8 Å². The summed E-state index contributed by atoms with van der Waals surface area (Å²) >= 11 is 0. The Morgan fingerprint density at radius 1 is 0.640 bits per heavy atom. The Kier molecular flexibility index (Phi) is 16.8. The van der Waals surface area contributed by atoms with E-state index in [2.05, 4.69) is 36.8 Å². The van der Waals surface area contributed by atoms with Gasteiger partial charge in [-0.1, -0.05) is 78.9 Å². The number of likely N-dealkylation sites (N-methyl/N-ethyl adjacent to an activating group) is 2. The zero-order valence-electron chi connectivity index (χ0n) is 29.5. The molecule has 268 valence electrons. The van der Waals surface area contributed by atoms with Crippen LogP contribution in [0.4, 0.5) is 0 Å². The second kappa shape index (κ2) is 21.2. The number of rotatable bonds is 21. The SMILES string of the molecule is CNCCN(CCNC)CC(=O)NCc1cccc(CNC(=O)[C@H](CC(C)=O)NC(=O)[C@H](Cc2ccc(-c3ccccc3)cc2)NC(C)=O)c1. The van der Waals surface area contributed by atoms with Crippen LogP contribution >= 0.6 is 0 Å². The number of benzene rings is 3. The number of hydrogen-bond donors (Lipinski definition) is 6. The van der Waals surface area contributed by atoms with Crippen LogP contribution in [0.2, 0.25) is 0 Å². The first-order valence-corrected chi connectivity index (χ1v) is 16.9. The molecule has 0 heterocycles. The highest BCUT2D eigenvalue weighted by Gasteiger charge is 2.27. The Bertz CT molecular complexity index is 1540. The van der Waals surface area contributed by atoms with Gasteiger partial charge in [-0.25, -0.2) is 0 Å². The smallest absolute Gasteiger partial charge is 0.243 e. The Morgan fingerprint density at radius 3 is 1.82 bits per heavy atom. The summed E-state index contributed by atoms with van der Waals surface area (Å²) in [6, 6.07) is 23.0. The van der Waals surface area contributed by atoms with E-state index in [4.69, 9.17) is 0 Å². The fourth-order valence-corrected chi connectivity index (χ4v) is 5.35. The number of hydrogen-bond acceptors (Lipinski definition) is 8. The molecule has 0 fully saturated rings. The van der Waals surface area contributed by atoms with Crippen molar-refractivity contribution >= 4 is 29.4 Å². The molecule has 0 saturated heterocycles. The van der Waals surface area contributed by atoms with E-state index in [0.717, 1.165) is 54.0 Å². The van der Waals surface area contributed by atoms with Crippen LogP contribution in [-0.4, -0.2) is 93.2 Å². The molecule has 12 heteroatoms. The zero-order valence-corrected chi connectivity index (χ0v) is 29.5. The Morgan fingerprint density at radius 2 is 1.24 bits per heavy atom. The summed E-state index contributed by atoms with van der Waals surface area (Å²) in [4.78, 5) is 65.5. The van der Waals surface area contributed by atoms with Crippen LogP contribution in [0.5, 0.6) is 0 Å². The maximum atomic E-state index is 13.4. The highest BCUT2D eigenvalue weighted by Crippen LogP contribution is 2.20. The molecule has 0 aliphatic rings. The zero-order chi connectivity index (χ0) is 36.3. The molecular formula is C38H51N7O5. The minimum Gasteiger partial charge on any atom is -0.351 e. The molecule has 50 heavy (non-hydrogen) atoms. The van der Waals surface area contributed by atoms with Gasteiger partial charge in [-0.15, -0.1) is 0 Å². The predicted octanol–water partition coefficient (Wildman–Crippen LogP) is 1.54. The molecule has 3 aromatic carbocycles. The van der Waals surface area contributed by atoms with Gasteiger partial charge in [0.15, 0.2) is 0 Å². The van der Waals surface area contributed by atoms with Gasteiger partial charge in [0.25, 0.3) is 0 Å². The highest BCUT2D eigenvalue weighted by molar-refractivity contribution is 5.94. The van der Waals surface area contributed by atoms with Gasteiger partial charge >= 0.3 is 0 Å². The minimum absolute atomic E-state index is 0.0829. The molecule has 0 radical (unpaired) electrons. The molecule has 12 nitrogen and oxygen atoms in total. The standard InChI is InChI=1S/C38H51N7O5/c1-27(46)21-34(44-38(50)35(43-28(2)47)23-29-13-15-33(16-14-29)32-11-6-5-7-12-32)37(49)42-25-31-10-8-9-30(22-31)24-41-36(48)26-45(19-17-39-3)20-18-40-4/h5-16,22,34-35,39-40H,17-21,23-26H2,1-4H3,(H,41,48)(H,42,49)(H,43,47)(H,44,50)/t34-,35-/m0/s1. The van der Waals surface area contributed by atoms with Crippen molar-refractivity contribution in [1.29, 1.82) is 0 Å². The number of ketones is 1. The third kappa shape index (κ3) is 14.3. The molecule has 0 aromatic heterocycles. The molecule has 4 amide bonds. The average molecular weight is 686 g/mol. The van der Waals surface area contributed by atoms with Crippen LogP contribution in [0.1, 0.15) is 37.0 Å². The normalized spacial score (nSPS) is 12.1. The van der Waals surface area contributed by atoms with Gasteiger partial charge in [0.1, 0.15) is 17.9 Å². The molecule has 0 bridgehead atoms. The van der Waals surface area contributed by atoms with Gasteiger partial charge in [-0.3, -0.25) is 28.9 Å². The van der Waals surface area contributed by atoms with E-state index in [1.54, 1.807) is 0 Å². The molecule has 3 rings (SSSR count). The van der Waals surface area contributed by atoms with Crippen molar-refractivity contribution in [2.45, 2.75) is 51.9 Å². The first-order chi connectivity index (χ1) is 24.1. The van der Waals surface area contributed by atoms with E-state index in [-0.39, 0.29) is 37.6 Å². The highest BCUT2D eigenvalue weighted by atomic mass is 16.2. The topological polar surface area (TPSA) is 161 Å². The molecule has 0 unspecified atom stereocenters. The number of nitrogens with zero attached hydrogens (tertiary/aromatic N) is 1. The van der Waals surface area contributed by atoms with Crippen molar-refractivity contribution in [1.82, 2.24) is 36.8 Å². The molecule has 0 aliphatic heterocycles. The lowest BCUT2D eigenvalue weighted by molar-refractivity contribution is -0.133. The molecule has 0 aliphatic carbocycles. The quantitative estimate of drug-likeness (QED) is 0.0985. The van der Waals surface area contributed by atoms with E-state index in [1.807, 2.05) is 93.0 Å². The molecule has 0 saturated carbocycles. The van der Waals surface area contributed by atoms with Crippen LogP contribution < -0.4 is 31.9 Å². The van der Waals surface area contributed by atoms with E-state index < -0.39 is 29.8 Å². The van der Waals surface area contributed by atoms with Gasteiger partial charge in [0.05, 0.1) is 6.54 Å². The van der Waals surface area contributed by atoms with Crippen LogP contribution in [0.25, 0.3) is 11.1 Å². The van der Waals surface area contributed by atoms with E-state index >= 15 is 0 Å². The number of carbonyl (C=O) groups is 5. The largest absolute Gasteiger partial charge is 0.351 e. The van der Waals surface area contributed by atoms with Crippen LogP contribution in [-0.2, 0) is 43.5 Å². The van der Waals surface area contributed by atoms with Crippen molar-refractivity contribution in [3.05, 3.63) is 95.6 Å². The van der Waals surface area contributed by atoms with E-state index in [0.29, 0.717) is 6.54 Å². The van der Waals surface area contributed by atoms with Crippen LogP contribution in [0.3, 0.4) is 0 Å². The lowest BCUT2D eigenvalue weighted by Gasteiger charge is -2.23. The van der Waals surface area contributed by atoms with Gasteiger partial charge in [-0.2, -0.15) is 0 Å². The molecule has 2 atom stereocenters. The van der Waals surface area contributed by atoms with Crippen molar-refractivity contribution in [3.8, 4) is 11.1 Å². The summed E-state index contributed by atoms with van der Waals surface area (Å²) < 4.78 is 0. The molecule has 6 N–H and O–H groups in total.